The zero-order valence-electron chi connectivity index (χ0n) is 12.5. The third kappa shape index (κ3) is 5.02. The van der Waals surface area contributed by atoms with Gasteiger partial charge in [0.15, 0.2) is 5.11 Å². The summed E-state index contributed by atoms with van der Waals surface area (Å²) in [4.78, 5) is 0. The number of benzene rings is 2. The van der Waals surface area contributed by atoms with Crippen molar-refractivity contribution in [2.24, 2.45) is 0 Å². The van der Waals surface area contributed by atoms with Crippen molar-refractivity contribution in [2.45, 2.75) is 13.0 Å². The van der Waals surface area contributed by atoms with Crippen LogP contribution in [-0.4, -0.2) is 23.4 Å². The van der Waals surface area contributed by atoms with Crippen LogP contribution in [0.1, 0.15) is 18.6 Å². The molecule has 22 heavy (non-hydrogen) atoms. The van der Waals surface area contributed by atoms with E-state index in [0.717, 1.165) is 17.0 Å². The van der Waals surface area contributed by atoms with Crippen molar-refractivity contribution in [3.05, 3.63) is 60.2 Å². The highest BCUT2D eigenvalue weighted by Gasteiger charge is 2.07. The van der Waals surface area contributed by atoms with Crippen LogP contribution in [-0.2, 0) is 0 Å². The highest BCUT2D eigenvalue weighted by atomic mass is 32.1. The molecule has 0 bridgehead atoms. The summed E-state index contributed by atoms with van der Waals surface area (Å²) >= 11 is 5.22. The van der Waals surface area contributed by atoms with Gasteiger partial charge in [0.25, 0.3) is 0 Å². The molecule has 0 spiro atoms. The van der Waals surface area contributed by atoms with E-state index in [1.165, 1.54) is 0 Å². The quantitative estimate of drug-likeness (QED) is 0.715. The highest BCUT2D eigenvalue weighted by Crippen LogP contribution is 2.15. The van der Waals surface area contributed by atoms with E-state index < -0.39 is 6.10 Å². The molecule has 0 heterocycles. The van der Waals surface area contributed by atoms with E-state index >= 15 is 0 Å². The lowest BCUT2D eigenvalue weighted by Crippen LogP contribution is -2.32. The number of hydrogen-bond acceptors (Lipinski definition) is 3. The lowest BCUT2D eigenvalue weighted by Gasteiger charge is -2.15. The van der Waals surface area contributed by atoms with Crippen molar-refractivity contribution in [3.63, 3.8) is 0 Å². The van der Waals surface area contributed by atoms with Gasteiger partial charge in [0.05, 0.1) is 12.7 Å². The maximum atomic E-state index is 10.1. The summed E-state index contributed by atoms with van der Waals surface area (Å²) in [5.74, 6) is 0.825. The molecule has 2 aromatic rings. The summed E-state index contributed by atoms with van der Waals surface area (Å²) in [6.07, 6.45) is -0.596. The van der Waals surface area contributed by atoms with E-state index in [1.54, 1.807) is 0 Å². The summed E-state index contributed by atoms with van der Waals surface area (Å²) in [6, 6.07) is 17.0. The van der Waals surface area contributed by atoms with Gasteiger partial charge in [-0.05, 0) is 49.0 Å². The Bertz CT molecular complexity index is 587. The van der Waals surface area contributed by atoms with Crippen LogP contribution in [0.15, 0.2) is 54.6 Å². The molecule has 0 saturated heterocycles. The molecule has 0 amide bonds. The van der Waals surface area contributed by atoms with E-state index in [4.69, 9.17) is 17.0 Å². The van der Waals surface area contributed by atoms with Gasteiger partial charge in [-0.25, -0.2) is 0 Å². The number of rotatable bonds is 6. The van der Waals surface area contributed by atoms with E-state index in [2.05, 4.69) is 10.6 Å². The summed E-state index contributed by atoms with van der Waals surface area (Å²) in [5, 5.41) is 16.6. The number of hydrogen-bond donors (Lipinski definition) is 3. The average Bonchev–Trinajstić information content (AvgIpc) is 2.55. The summed E-state index contributed by atoms with van der Waals surface area (Å²) in [6.45, 7) is 2.94. The van der Waals surface area contributed by atoms with Crippen molar-refractivity contribution in [1.29, 1.82) is 0 Å². The Balaban J connectivity index is 1.80. The number of anilines is 1. The highest BCUT2D eigenvalue weighted by molar-refractivity contribution is 7.80. The SMILES string of the molecule is CCOc1ccc(NC(=S)NC[C@@H](O)c2ccccc2)cc1. The second-order valence-corrected chi connectivity index (χ2v) is 5.13. The Kier molecular flexibility index (Phi) is 6.18. The van der Waals surface area contributed by atoms with Crippen molar-refractivity contribution in [3.8, 4) is 5.75 Å². The first-order chi connectivity index (χ1) is 10.7. The lowest BCUT2D eigenvalue weighted by molar-refractivity contribution is 0.181. The van der Waals surface area contributed by atoms with E-state index in [1.807, 2.05) is 61.5 Å². The Morgan fingerprint density at radius 3 is 2.45 bits per heavy atom. The lowest BCUT2D eigenvalue weighted by atomic mass is 10.1. The average molecular weight is 316 g/mol. The normalized spacial score (nSPS) is 11.5. The zero-order valence-corrected chi connectivity index (χ0v) is 13.3. The molecule has 3 N–H and O–H groups in total. The Labute approximate surface area is 136 Å². The minimum Gasteiger partial charge on any atom is -0.494 e. The molecule has 0 fully saturated rings. The minimum absolute atomic E-state index is 0.354. The van der Waals surface area contributed by atoms with Gasteiger partial charge >= 0.3 is 0 Å². The Morgan fingerprint density at radius 1 is 1.14 bits per heavy atom. The molecule has 4 nitrogen and oxygen atoms in total. The predicted molar refractivity (Wildman–Crippen MR) is 93.2 cm³/mol. The summed E-state index contributed by atoms with van der Waals surface area (Å²) in [7, 11) is 0. The molecule has 0 aliphatic heterocycles. The van der Waals surface area contributed by atoms with Crippen LogP contribution in [0.2, 0.25) is 0 Å². The first-order valence-corrected chi connectivity index (χ1v) is 7.60. The fraction of sp³-hybridized carbons (Fsp3) is 0.235. The number of nitrogens with one attached hydrogen (secondary N) is 2. The molecule has 0 unspecified atom stereocenters. The third-order valence-electron chi connectivity index (χ3n) is 3.06. The van der Waals surface area contributed by atoms with Gasteiger partial charge in [0.2, 0.25) is 0 Å². The molecule has 0 radical (unpaired) electrons. The molecule has 0 saturated carbocycles. The van der Waals surface area contributed by atoms with E-state index in [-0.39, 0.29) is 0 Å². The number of aliphatic hydroxyl groups excluding tert-OH is 1. The smallest absolute Gasteiger partial charge is 0.170 e. The molecule has 5 heteroatoms. The number of thiocarbonyl (C=S) groups is 1. The first-order valence-electron chi connectivity index (χ1n) is 7.19. The Morgan fingerprint density at radius 2 is 1.82 bits per heavy atom. The van der Waals surface area contributed by atoms with Crippen LogP contribution in [0.3, 0.4) is 0 Å². The topological polar surface area (TPSA) is 53.5 Å². The maximum absolute atomic E-state index is 10.1. The molecular weight excluding hydrogens is 296 g/mol. The van der Waals surface area contributed by atoms with Gasteiger partial charge in [0.1, 0.15) is 5.75 Å². The van der Waals surface area contributed by atoms with Gasteiger partial charge in [-0.15, -0.1) is 0 Å². The van der Waals surface area contributed by atoms with Crippen molar-refractivity contribution in [1.82, 2.24) is 5.32 Å². The van der Waals surface area contributed by atoms with Gasteiger partial charge < -0.3 is 20.5 Å². The second-order valence-electron chi connectivity index (χ2n) is 4.72. The van der Waals surface area contributed by atoms with E-state index in [9.17, 15) is 5.11 Å². The van der Waals surface area contributed by atoms with Crippen LogP contribution >= 0.6 is 12.2 Å². The van der Waals surface area contributed by atoms with Gasteiger partial charge in [-0.3, -0.25) is 0 Å². The molecule has 0 aliphatic carbocycles. The van der Waals surface area contributed by atoms with Crippen LogP contribution in [0, 0.1) is 0 Å². The van der Waals surface area contributed by atoms with Crippen molar-refractivity contribution < 1.29 is 9.84 Å². The van der Waals surface area contributed by atoms with Crippen molar-refractivity contribution in [2.75, 3.05) is 18.5 Å². The minimum atomic E-state index is -0.596. The monoisotopic (exact) mass is 316 g/mol. The number of aliphatic hydroxyl groups is 1. The fourth-order valence-corrected chi connectivity index (χ4v) is 2.16. The predicted octanol–water partition coefficient (Wildman–Crippen LogP) is 3.11. The fourth-order valence-electron chi connectivity index (χ4n) is 1.96. The van der Waals surface area contributed by atoms with E-state index in [0.29, 0.717) is 18.3 Å². The Hall–Kier alpha value is -2.11. The van der Waals surface area contributed by atoms with Crippen LogP contribution in [0.5, 0.6) is 5.75 Å². The molecule has 1 atom stereocenters. The van der Waals surface area contributed by atoms with Crippen LogP contribution < -0.4 is 15.4 Å². The largest absolute Gasteiger partial charge is 0.494 e. The molecule has 2 rings (SSSR count). The molecule has 116 valence electrons. The summed E-state index contributed by atoms with van der Waals surface area (Å²) in [5.41, 5.74) is 1.73. The second kappa shape index (κ2) is 8.36. The maximum Gasteiger partial charge on any atom is 0.170 e. The number of ether oxygens (including phenoxy) is 1. The van der Waals surface area contributed by atoms with Gasteiger partial charge in [0, 0.05) is 12.2 Å². The standard InChI is InChI=1S/C17H20N2O2S/c1-2-21-15-10-8-14(9-11-15)19-17(22)18-12-16(20)13-6-4-3-5-7-13/h3-11,16,20H,2,12H2,1H3,(H2,18,19,22)/t16-/m1/s1. The van der Waals surface area contributed by atoms with Crippen molar-refractivity contribution >= 4 is 23.0 Å². The first kappa shape index (κ1) is 16.3. The van der Waals surface area contributed by atoms with Gasteiger partial charge in [-0.2, -0.15) is 0 Å². The molecule has 0 aliphatic rings. The molecule has 2 aromatic carbocycles. The van der Waals surface area contributed by atoms with Gasteiger partial charge in [-0.1, -0.05) is 30.3 Å². The molecular formula is C17H20N2O2S. The summed E-state index contributed by atoms with van der Waals surface area (Å²) < 4.78 is 5.38. The third-order valence-corrected chi connectivity index (χ3v) is 3.31. The van der Waals surface area contributed by atoms with Crippen LogP contribution in [0.4, 0.5) is 5.69 Å². The van der Waals surface area contributed by atoms with Crippen LogP contribution in [0.25, 0.3) is 0 Å². The molecule has 0 aromatic heterocycles. The zero-order chi connectivity index (χ0) is 15.8.